The van der Waals surface area contributed by atoms with Gasteiger partial charge in [0.05, 0.1) is 33.1 Å². The Kier molecular flexibility index (Phi) is 3.28. The number of hydrogen-bond donors (Lipinski definition) is 0. The summed E-state index contributed by atoms with van der Waals surface area (Å²) in [5.74, 6) is 0.793. The molecule has 1 aromatic heterocycles. The van der Waals surface area contributed by atoms with Crippen molar-refractivity contribution in [1.29, 1.82) is 5.26 Å². The van der Waals surface area contributed by atoms with Crippen LogP contribution in [0.3, 0.4) is 0 Å². The number of benzene rings is 1. The molecule has 2 rings (SSSR count). The molecule has 0 N–H and O–H groups in total. The molecule has 0 radical (unpaired) electrons. The summed E-state index contributed by atoms with van der Waals surface area (Å²) < 4.78 is 1.99. The van der Waals surface area contributed by atoms with Crippen LogP contribution in [0.15, 0.2) is 12.1 Å². The van der Waals surface area contributed by atoms with E-state index >= 15 is 0 Å². The van der Waals surface area contributed by atoms with E-state index in [1.54, 1.807) is 12.1 Å². The van der Waals surface area contributed by atoms with E-state index in [-0.39, 0.29) is 5.92 Å². The highest BCUT2D eigenvalue weighted by Gasteiger charge is 2.12. The van der Waals surface area contributed by atoms with Gasteiger partial charge in [-0.3, -0.25) is 0 Å². The second kappa shape index (κ2) is 4.56. The molecule has 1 unspecified atom stereocenters. The number of nitrogens with zero attached hydrogens (tertiary/aromatic N) is 3. The molecule has 0 fully saturated rings. The number of hydrogen-bond acceptors (Lipinski definition) is 2. The van der Waals surface area contributed by atoms with Gasteiger partial charge >= 0.3 is 0 Å². The molecule has 0 saturated heterocycles. The van der Waals surface area contributed by atoms with Crippen molar-refractivity contribution in [3.8, 4) is 6.07 Å². The molecule has 5 heteroatoms. The van der Waals surface area contributed by atoms with Crippen LogP contribution in [0.2, 0.25) is 10.0 Å². The van der Waals surface area contributed by atoms with Gasteiger partial charge in [-0.05, 0) is 26.0 Å². The van der Waals surface area contributed by atoms with Crippen molar-refractivity contribution in [2.24, 2.45) is 5.92 Å². The first-order valence-corrected chi connectivity index (χ1v) is 6.00. The quantitative estimate of drug-likeness (QED) is 0.831. The smallest absolute Gasteiger partial charge is 0.106 e. The number of halogens is 2. The Morgan fingerprint density at radius 2 is 2.06 bits per heavy atom. The third kappa shape index (κ3) is 2.24. The van der Waals surface area contributed by atoms with Gasteiger partial charge in [0.15, 0.2) is 0 Å². The molecular formula is C12H11Cl2N3. The van der Waals surface area contributed by atoms with Gasteiger partial charge in [-0.1, -0.05) is 23.2 Å². The standard InChI is InChI=1S/C12H11Cl2N3/c1-7(5-15)6-17-8(2)16-11-3-9(13)10(14)4-12(11)17/h3-4,7H,6H2,1-2H3. The van der Waals surface area contributed by atoms with Gasteiger partial charge in [-0.25, -0.2) is 4.98 Å². The van der Waals surface area contributed by atoms with Gasteiger partial charge < -0.3 is 4.57 Å². The Bertz CT molecular complexity index is 610. The van der Waals surface area contributed by atoms with Crippen LogP contribution < -0.4 is 0 Å². The second-order valence-electron chi connectivity index (χ2n) is 4.05. The van der Waals surface area contributed by atoms with E-state index in [4.69, 9.17) is 28.5 Å². The predicted octanol–water partition coefficient (Wildman–Crippen LogP) is 3.81. The number of aromatic nitrogens is 2. The third-order valence-corrected chi connectivity index (χ3v) is 3.38. The maximum Gasteiger partial charge on any atom is 0.106 e. The average Bonchev–Trinajstić information content (AvgIpc) is 2.56. The molecule has 0 aliphatic heterocycles. The summed E-state index contributed by atoms with van der Waals surface area (Å²) >= 11 is 11.9. The van der Waals surface area contributed by atoms with Crippen molar-refractivity contribution in [2.45, 2.75) is 20.4 Å². The van der Waals surface area contributed by atoms with Crippen LogP contribution in [-0.4, -0.2) is 9.55 Å². The lowest BCUT2D eigenvalue weighted by atomic mass is 10.2. The maximum absolute atomic E-state index is 8.86. The first-order chi connectivity index (χ1) is 8.02. The molecular weight excluding hydrogens is 257 g/mol. The minimum absolute atomic E-state index is 0.0689. The van der Waals surface area contributed by atoms with Gasteiger partial charge in [0, 0.05) is 6.54 Å². The van der Waals surface area contributed by atoms with E-state index in [2.05, 4.69) is 11.1 Å². The summed E-state index contributed by atoms with van der Waals surface area (Å²) in [7, 11) is 0. The Morgan fingerprint density at radius 1 is 1.41 bits per heavy atom. The third-order valence-electron chi connectivity index (χ3n) is 2.66. The van der Waals surface area contributed by atoms with Gasteiger partial charge in [-0.2, -0.15) is 5.26 Å². The molecule has 0 saturated carbocycles. The Balaban J connectivity index is 2.59. The van der Waals surface area contributed by atoms with Crippen LogP contribution in [0.25, 0.3) is 11.0 Å². The minimum Gasteiger partial charge on any atom is -0.327 e. The van der Waals surface area contributed by atoms with E-state index in [1.165, 1.54) is 0 Å². The number of aryl methyl sites for hydroxylation is 1. The monoisotopic (exact) mass is 267 g/mol. The number of rotatable bonds is 2. The molecule has 88 valence electrons. The Morgan fingerprint density at radius 3 is 2.71 bits per heavy atom. The van der Waals surface area contributed by atoms with Crippen LogP contribution in [0, 0.1) is 24.2 Å². The van der Waals surface area contributed by atoms with Crippen molar-refractivity contribution >= 4 is 34.2 Å². The number of imidazole rings is 1. The van der Waals surface area contributed by atoms with Crippen molar-refractivity contribution in [1.82, 2.24) is 9.55 Å². The summed E-state index contributed by atoms with van der Waals surface area (Å²) in [4.78, 5) is 4.41. The molecule has 0 amide bonds. The maximum atomic E-state index is 8.86. The van der Waals surface area contributed by atoms with Crippen LogP contribution in [-0.2, 0) is 6.54 Å². The Hall–Kier alpha value is -1.24. The molecule has 0 spiro atoms. The normalized spacial score (nSPS) is 12.6. The van der Waals surface area contributed by atoms with E-state index in [0.29, 0.717) is 16.6 Å². The zero-order valence-electron chi connectivity index (χ0n) is 9.54. The molecule has 17 heavy (non-hydrogen) atoms. The fourth-order valence-corrected chi connectivity index (χ4v) is 2.10. The van der Waals surface area contributed by atoms with Gasteiger partial charge in [-0.15, -0.1) is 0 Å². The summed E-state index contributed by atoms with van der Waals surface area (Å²) in [6.07, 6.45) is 0. The number of nitriles is 1. The van der Waals surface area contributed by atoms with Gasteiger partial charge in [0.1, 0.15) is 5.82 Å². The highest BCUT2D eigenvalue weighted by atomic mass is 35.5. The van der Waals surface area contributed by atoms with Crippen molar-refractivity contribution in [3.05, 3.63) is 28.0 Å². The highest BCUT2D eigenvalue weighted by molar-refractivity contribution is 6.42. The van der Waals surface area contributed by atoms with E-state index < -0.39 is 0 Å². The van der Waals surface area contributed by atoms with Gasteiger partial charge in [0.25, 0.3) is 0 Å². The Labute approximate surface area is 110 Å². The summed E-state index contributed by atoms with van der Waals surface area (Å²) in [6, 6.07) is 5.76. The second-order valence-corrected chi connectivity index (χ2v) is 4.87. The SMILES string of the molecule is Cc1nc2cc(Cl)c(Cl)cc2n1CC(C)C#N. The lowest BCUT2D eigenvalue weighted by molar-refractivity contribution is 0.580. The molecule has 1 atom stereocenters. The van der Waals surface area contributed by atoms with Crippen molar-refractivity contribution < 1.29 is 0 Å². The van der Waals surface area contributed by atoms with Crippen LogP contribution in [0.1, 0.15) is 12.7 Å². The van der Waals surface area contributed by atoms with Crippen LogP contribution in [0.5, 0.6) is 0 Å². The first kappa shape index (κ1) is 12.2. The first-order valence-electron chi connectivity index (χ1n) is 5.24. The molecule has 0 bridgehead atoms. The van der Waals surface area contributed by atoms with Gasteiger partial charge in [0.2, 0.25) is 0 Å². The highest BCUT2D eigenvalue weighted by Crippen LogP contribution is 2.28. The zero-order chi connectivity index (χ0) is 12.6. The topological polar surface area (TPSA) is 41.6 Å². The average molecular weight is 268 g/mol. The fraction of sp³-hybridized carbons (Fsp3) is 0.333. The number of fused-ring (bicyclic) bond motifs is 1. The largest absolute Gasteiger partial charge is 0.327 e. The molecule has 0 aliphatic rings. The van der Waals surface area contributed by atoms with Crippen molar-refractivity contribution in [3.63, 3.8) is 0 Å². The lowest BCUT2D eigenvalue weighted by Gasteiger charge is -2.08. The van der Waals surface area contributed by atoms with Crippen molar-refractivity contribution in [2.75, 3.05) is 0 Å². The molecule has 0 aliphatic carbocycles. The van der Waals surface area contributed by atoms with E-state index in [0.717, 1.165) is 16.9 Å². The minimum atomic E-state index is -0.0689. The molecule has 1 aromatic carbocycles. The molecule has 3 nitrogen and oxygen atoms in total. The zero-order valence-corrected chi connectivity index (χ0v) is 11.0. The summed E-state index contributed by atoms with van der Waals surface area (Å²) in [6.45, 7) is 4.39. The lowest BCUT2D eigenvalue weighted by Crippen LogP contribution is -2.07. The van der Waals surface area contributed by atoms with Crippen LogP contribution in [0.4, 0.5) is 0 Å². The van der Waals surface area contributed by atoms with E-state index in [9.17, 15) is 0 Å². The summed E-state index contributed by atoms with van der Waals surface area (Å²) in [5, 5.41) is 9.87. The molecule has 2 aromatic rings. The van der Waals surface area contributed by atoms with Crippen LogP contribution >= 0.6 is 23.2 Å². The fourth-order valence-electron chi connectivity index (χ4n) is 1.79. The summed E-state index contributed by atoms with van der Waals surface area (Å²) in [5.41, 5.74) is 1.72. The molecule has 1 heterocycles. The predicted molar refractivity (Wildman–Crippen MR) is 69.3 cm³/mol. The van der Waals surface area contributed by atoms with E-state index in [1.807, 2.05) is 18.4 Å².